The van der Waals surface area contributed by atoms with Gasteiger partial charge >= 0.3 is 12.0 Å². The first kappa shape index (κ1) is 13.4. The Labute approximate surface area is 111 Å². The summed E-state index contributed by atoms with van der Waals surface area (Å²) in [6.07, 6.45) is 0.340. The Morgan fingerprint density at radius 3 is 2.53 bits per heavy atom. The zero-order valence-corrected chi connectivity index (χ0v) is 11.0. The van der Waals surface area contributed by atoms with Crippen molar-refractivity contribution in [2.75, 3.05) is 14.1 Å². The van der Waals surface area contributed by atoms with Gasteiger partial charge in [-0.15, -0.1) is 0 Å². The summed E-state index contributed by atoms with van der Waals surface area (Å²) in [5.41, 5.74) is 4.57. The lowest BCUT2D eigenvalue weighted by Gasteiger charge is -2.35. The number of nitrogens with one attached hydrogen (secondary N) is 1. The summed E-state index contributed by atoms with van der Waals surface area (Å²) in [5.74, 6) is -0.983. The van der Waals surface area contributed by atoms with Crippen LogP contribution in [-0.4, -0.2) is 47.2 Å². The monoisotopic (exact) mass is 263 g/mol. The highest BCUT2D eigenvalue weighted by Gasteiger charge is 2.34. The van der Waals surface area contributed by atoms with Gasteiger partial charge in [-0.3, -0.25) is 5.43 Å². The normalized spacial score (nSPS) is 18.1. The number of amides is 2. The summed E-state index contributed by atoms with van der Waals surface area (Å²) in [6, 6.07) is 6.38. The van der Waals surface area contributed by atoms with Crippen LogP contribution in [0, 0.1) is 0 Å². The molecule has 2 amide bonds. The van der Waals surface area contributed by atoms with Crippen LogP contribution in [-0.2, 0) is 17.8 Å². The predicted octanol–water partition coefficient (Wildman–Crippen LogP) is 0.684. The van der Waals surface area contributed by atoms with Crippen LogP contribution in [0.1, 0.15) is 11.1 Å². The molecule has 0 aromatic heterocycles. The molecule has 0 saturated carbocycles. The Kier molecular flexibility index (Phi) is 3.71. The third-order valence-electron chi connectivity index (χ3n) is 3.11. The molecule has 102 valence electrons. The Morgan fingerprint density at radius 2 is 1.95 bits per heavy atom. The number of carbonyl (C=O) groups excluding carboxylic acids is 1. The molecule has 6 heteroatoms. The second kappa shape index (κ2) is 5.27. The number of fused-ring (bicyclic) bond motifs is 1. The molecule has 1 heterocycles. The van der Waals surface area contributed by atoms with E-state index in [2.05, 4.69) is 5.43 Å². The maximum Gasteiger partial charge on any atom is 0.332 e. The minimum absolute atomic E-state index is 0.312. The molecule has 0 fully saturated rings. The SMILES string of the molecule is CN(C)NC(=O)N1Cc2ccccc2C[C@@H]1C(=O)O. The van der Waals surface area contributed by atoms with E-state index in [1.54, 1.807) is 14.1 Å². The first-order valence-corrected chi connectivity index (χ1v) is 6.03. The van der Waals surface area contributed by atoms with Gasteiger partial charge in [-0.1, -0.05) is 24.3 Å². The van der Waals surface area contributed by atoms with Gasteiger partial charge in [0.2, 0.25) is 0 Å². The zero-order chi connectivity index (χ0) is 14.0. The lowest BCUT2D eigenvalue weighted by Crippen LogP contribution is -2.54. The number of hydrogen-bond donors (Lipinski definition) is 2. The Bertz CT molecular complexity index is 502. The maximum absolute atomic E-state index is 12.0. The lowest BCUT2D eigenvalue weighted by atomic mass is 9.94. The summed E-state index contributed by atoms with van der Waals surface area (Å²) >= 11 is 0. The van der Waals surface area contributed by atoms with Gasteiger partial charge in [0.05, 0.1) is 0 Å². The standard InChI is InChI=1S/C13H17N3O3/c1-15(2)14-13(19)16-8-10-6-4-3-5-9(10)7-11(16)12(17)18/h3-6,11H,7-8H2,1-2H3,(H,14,19)(H,17,18)/t11-/m1/s1. The number of aliphatic carboxylic acids is 1. The molecule has 1 aromatic carbocycles. The Hall–Kier alpha value is -2.08. The number of carboxylic acids is 1. The van der Waals surface area contributed by atoms with Gasteiger partial charge in [0, 0.05) is 27.1 Å². The molecule has 1 atom stereocenters. The first-order chi connectivity index (χ1) is 8.99. The van der Waals surface area contributed by atoms with E-state index in [1.807, 2.05) is 24.3 Å². The fourth-order valence-corrected chi connectivity index (χ4v) is 2.21. The number of carboxylic acid groups (broad SMARTS) is 1. The Balaban J connectivity index is 2.26. The summed E-state index contributed by atoms with van der Waals surface area (Å²) in [6.45, 7) is 0.312. The molecule has 0 radical (unpaired) electrons. The van der Waals surface area contributed by atoms with Gasteiger partial charge in [0.1, 0.15) is 6.04 Å². The molecule has 6 nitrogen and oxygen atoms in total. The van der Waals surface area contributed by atoms with Crippen LogP contribution < -0.4 is 5.43 Å². The average molecular weight is 263 g/mol. The molecule has 0 saturated heterocycles. The van der Waals surface area contributed by atoms with Gasteiger partial charge in [0.15, 0.2) is 0 Å². The van der Waals surface area contributed by atoms with Gasteiger partial charge < -0.3 is 10.0 Å². The van der Waals surface area contributed by atoms with Crippen LogP contribution in [0.2, 0.25) is 0 Å². The van der Waals surface area contributed by atoms with Crippen molar-refractivity contribution in [3.63, 3.8) is 0 Å². The number of nitrogens with zero attached hydrogens (tertiary/aromatic N) is 2. The first-order valence-electron chi connectivity index (χ1n) is 6.03. The molecular formula is C13H17N3O3. The maximum atomic E-state index is 12.0. The van der Waals surface area contributed by atoms with Crippen molar-refractivity contribution in [1.29, 1.82) is 0 Å². The van der Waals surface area contributed by atoms with Crippen molar-refractivity contribution in [3.05, 3.63) is 35.4 Å². The molecule has 0 spiro atoms. The predicted molar refractivity (Wildman–Crippen MR) is 69.3 cm³/mol. The van der Waals surface area contributed by atoms with Crippen molar-refractivity contribution < 1.29 is 14.7 Å². The van der Waals surface area contributed by atoms with Crippen molar-refractivity contribution in [2.45, 2.75) is 19.0 Å². The van der Waals surface area contributed by atoms with E-state index in [0.717, 1.165) is 11.1 Å². The summed E-state index contributed by atoms with van der Waals surface area (Å²) in [5, 5.41) is 10.8. The highest BCUT2D eigenvalue weighted by molar-refractivity contribution is 5.83. The molecule has 0 bridgehead atoms. The summed E-state index contributed by atoms with van der Waals surface area (Å²) < 4.78 is 0. The zero-order valence-electron chi connectivity index (χ0n) is 11.0. The van der Waals surface area contributed by atoms with E-state index in [-0.39, 0.29) is 0 Å². The van der Waals surface area contributed by atoms with Crippen molar-refractivity contribution in [3.8, 4) is 0 Å². The quantitative estimate of drug-likeness (QED) is 0.770. The fourth-order valence-electron chi connectivity index (χ4n) is 2.21. The molecule has 0 aliphatic carbocycles. The summed E-state index contributed by atoms with van der Waals surface area (Å²) in [7, 11) is 3.37. The van der Waals surface area contributed by atoms with Gasteiger partial charge in [-0.25, -0.2) is 14.6 Å². The van der Waals surface area contributed by atoms with Crippen molar-refractivity contribution in [2.24, 2.45) is 0 Å². The highest BCUT2D eigenvalue weighted by atomic mass is 16.4. The second-order valence-electron chi connectivity index (χ2n) is 4.77. The van der Waals surface area contributed by atoms with Crippen LogP contribution in [0.3, 0.4) is 0 Å². The molecular weight excluding hydrogens is 246 g/mol. The molecule has 0 unspecified atom stereocenters. The number of rotatable bonds is 2. The summed E-state index contributed by atoms with van der Waals surface area (Å²) in [4.78, 5) is 24.7. The molecule has 2 rings (SSSR count). The molecule has 1 aliphatic heterocycles. The van der Waals surface area contributed by atoms with E-state index in [4.69, 9.17) is 0 Å². The minimum atomic E-state index is -0.983. The highest BCUT2D eigenvalue weighted by Crippen LogP contribution is 2.23. The third kappa shape index (κ3) is 2.85. The van der Waals surface area contributed by atoms with Crippen LogP contribution in [0.5, 0.6) is 0 Å². The average Bonchev–Trinajstić information content (AvgIpc) is 2.36. The van der Waals surface area contributed by atoms with Gasteiger partial charge in [-0.2, -0.15) is 0 Å². The van der Waals surface area contributed by atoms with E-state index < -0.39 is 18.0 Å². The number of carbonyl (C=O) groups is 2. The van der Waals surface area contributed by atoms with E-state index in [9.17, 15) is 14.7 Å². The van der Waals surface area contributed by atoms with Crippen LogP contribution >= 0.6 is 0 Å². The van der Waals surface area contributed by atoms with E-state index in [1.165, 1.54) is 9.91 Å². The molecule has 19 heavy (non-hydrogen) atoms. The number of benzene rings is 1. The van der Waals surface area contributed by atoms with Crippen molar-refractivity contribution in [1.82, 2.24) is 15.3 Å². The van der Waals surface area contributed by atoms with E-state index >= 15 is 0 Å². The van der Waals surface area contributed by atoms with Crippen LogP contribution in [0.4, 0.5) is 4.79 Å². The Morgan fingerprint density at radius 1 is 1.32 bits per heavy atom. The lowest BCUT2D eigenvalue weighted by molar-refractivity contribution is -0.142. The van der Waals surface area contributed by atoms with Crippen molar-refractivity contribution >= 4 is 12.0 Å². The minimum Gasteiger partial charge on any atom is -0.480 e. The number of hydrazine groups is 1. The second-order valence-corrected chi connectivity index (χ2v) is 4.77. The third-order valence-corrected chi connectivity index (χ3v) is 3.11. The van der Waals surface area contributed by atoms with Gasteiger partial charge in [-0.05, 0) is 11.1 Å². The largest absolute Gasteiger partial charge is 0.480 e. The topological polar surface area (TPSA) is 72.9 Å². The van der Waals surface area contributed by atoms with Crippen LogP contribution in [0.15, 0.2) is 24.3 Å². The van der Waals surface area contributed by atoms with E-state index in [0.29, 0.717) is 13.0 Å². The smallest absolute Gasteiger partial charge is 0.332 e. The molecule has 2 N–H and O–H groups in total. The number of urea groups is 1. The number of hydrogen-bond acceptors (Lipinski definition) is 3. The molecule has 1 aliphatic rings. The van der Waals surface area contributed by atoms with Gasteiger partial charge in [0.25, 0.3) is 0 Å². The molecule has 1 aromatic rings. The van der Waals surface area contributed by atoms with Crippen LogP contribution in [0.25, 0.3) is 0 Å². The fraction of sp³-hybridized carbons (Fsp3) is 0.385.